The molecule has 2 unspecified atom stereocenters. The highest BCUT2D eigenvalue weighted by Gasteiger charge is 2.35. The van der Waals surface area contributed by atoms with Gasteiger partial charge in [0.2, 0.25) is 0 Å². The van der Waals surface area contributed by atoms with Crippen LogP contribution in [0.4, 0.5) is 0 Å². The predicted octanol–water partition coefficient (Wildman–Crippen LogP) is 4.48. The van der Waals surface area contributed by atoms with E-state index in [-0.39, 0.29) is 5.92 Å². The SMILES string of the molecule is O=C(c1ccc2cccnc2c1)C1CC2CCCC(C1)S2. The fraction of sp³-hybridized carbons (Fsp3) is 0.444. The quantitative estimate of drug-likeness (QED) is 0.765. The molecule has 0 radical (unpaired) electrons. The summed E-state index contributed by atoms with van der Waals surface area (Å²) in [5, 5.41) is 2.53. The third kappa shape index (κ3) is 2.59. The van der Waals surface area contributed by atoms with Gasteiger partial charge in [-0.05, 0) is 37.8 Å². The maximum Gasteiger partial charge on any atom is 0.166 e. The molecule has 0 aliphatic carbocycles. The number of thioether (sulfide) groups is 1. The number of rotatable bonds is 2. The van der Waals surface area contributed by atoms with E-state index in [0.29, 0.717) is 16.3 Å². The van der Waals surface area contributed by atoms with Gasteiger partial charge in [0.1, 0.15) is 0 Å². The lowest BCUT2D eigenvalue weighted by Gasteiger charge is -2.37. The van der Waals surface area contributed by atoms with Gasteiger partial charge in [-0.15, -0.1) is 0 Å². The first-order valence-corrected chi connectivity index (χ1v) is 8.78. The number of nitrogens with zero attached hydrogens (tertiary/aromatic N) is 1. The molecule has 2 aromatic rings. The van der Waals surface area contributed by atoms with Crippen molar-refractivity contribution in [2.75, 3.05) is 0 Å². The smallest absolute Gasteiger partial charge is 0.166 e. The topological polar surface area (TPSA) is 30.0 Å². The van der Waals surface area contributed by atoms with E-state index in [9.17, 15) is 4.79 Å². The second-order valence-electron chi connectivity index (χ2n) is 6.25. The number of carbonyl (C=O) groups excluding carboxylic acids is 1. The summed E-state index contributed by atoms with van der Waals surface area (Å²) in [6.07, 6.45) is 7.87. The Balaban J connectivity index is 1.60. The molecule has 2 fully saturated rings. The molecule has 21 heavy (non-hydrogen) atoms. The van der Waals surface area contributed by atoms with E-state index in [1.165, 1.54) is 19.3 Å². The molecule has 3 heteroatoms. The van der Waals surface area contributed by atoms with E-state index in [1.807, 2.05) is 30.3 Å². The number of hydrogen-bond donors (Lipinski definition) is 0. The van der Waals surface area contributed by atoms with Gasteiger partial charge >= 0.3 is 0 Å². The van der Waals surface area contributed by atoms with Crippen LogP contribution in [0.15, 0.2) is 36.5 Å². The van der Waals surface area contributed by atoms with Crippen molar-refractivity contribution < 1.29 is 4.79 Å². The van der Waals surface area contributed by atoms with E-state index in [1.54, 1.807) is 6.20 Å². The Morgan fingerprint density at radius 3 is 2.76 bits per heavy atom. The van der Waals surface area contributed by atoms with Crippen LogP contribution >= 0.6 is 11.8 Å². The van der Waals surface area contributed by atoms with Crippen molar-refractivity contribution in [3.8, 4) is 0 Å². The molecule has 2 aliphatic rings. The van der Waals surface area contributed by atoms with Gasteiger partial charge < -0.3 is 0 Å². The summed E-state index contributed by atoms with van der Waals surface area (Å²) >= 11 is 2.13. The summed E-state index contributed by atoms with van der Waals surface area (Å²) in [6, 6.07) is 9.94. The highest BCUT2D eigenvalue weighted by Crippen LogP contribution is 2.44. The average molecular weight is 297 g/mol. The molecule has 2 aliphatic heterocycles. The summed E-state index contributed by atoms with van der Waals surface area (Å²) < 4.78 is 0. The summed E-state index contributed by atoms with van der Waals surface area (Å²) in [4.78, 5) is 17.2. The Morgan fingerprint density at radius 2 is 1.95 bits per heavy atom. The lowest BCUT2D eigenvalue weighted by atomic mass is 9.84. The molecule has 3 heterocycles. The second kappa shape index (κ2) is 5.45. The van der Waals surface area contributed by atoms with Gasteiger partial charge in [0.05, 0.1) is 5.52 Å². The van der Waals surface area contributed by atoms with Crippen LogP contribution in [0.3, 0.4) is 0 Å². The molecule has 0 spiro atoms. The molecule has 0 amide bonds. The Hall–Kier alpha value is -1.35. The first kappa shape index (κ1) is 13.3. The lowest BCUT2D eigenvalue weighted by Crippen LogP contribution is -2.32. The number of benzene rings is 1. The van der Waals surface area contributed by atoms with Crippen molar-refractivity contribution in [2.24, 2.45) is 5.92 Å². The largest absolute Gasteiger partial charge is 0.294 e. The zero-order chi connectivity index (χ0) is 14.2. The van der Waals surface area contributed by atoms with Crippen molar-refractivity contribution in [3.63, 3.8) is 0 Å². The van der Waals surface area contributed by atoms with Crippen molar-refractivity contribution >= 4 is 28.4 Å². The number of pyridine rings is 1. The van der Waals surface area contributed by atoms with E-state index < -0.39 is 0 Å². The molecule has 108 valence electrons. The number of Topliss-reactive ketones (excluding diaryl/α,β-unsaturated/α-hetero) is 1. The maximum atomic E-state index is 12.8. The Morgan fingerprint density at radius 1 is 1.14 bits per heavy atom. The first-order valence-electron chi connectivity index (χ1n) is 7.84. The lowest BCUT2D eigenvalue weighted by molar-refractivity contribution is 0.0897. The molecule has 2 bridgehead atoms. The monoisotopic (exact) mass is 297 g/mol. The minimum Gasteiger partial charge on any atom is -0.294 e. The molecular weight excluding hydrogens is 278 g/mol. The third-order valence-electron chi connectivity index (χ3n) is 4.79. The summed E-state index contributed by atoms with van der Waals surface area (Å²) in [5.74, 6) is 0.558. The number of hydrogen-bond acceptors (Lipinski definition) is 3. The highest BCUT2D eigenvalue weighted by atomic mass is 32.2. The van der Waals surface area contributed by atoms with Gasteiger partial charge in [-0.1, -0.05) is 24.6 Å². The van der Waals surface area contributed by atoms with Gasteiger partial charge in [0.25, 0.3) is 0 Å². The van der Waals surface area contributed by atoms with E-state index in [0.717, 1.165) is 29.3 Å². The van der Waals surface area contributed by atoms with Crippen LogP contribution in [0.5, 0.6) is 0 Å². The minimum atomic E-state index is 0.225. The minimum absolute atomic E-state index is 0.225. The zero-order valence-electron chi connectivity index (χ0n) is 12.0. The van der Waals surface area contributed by atoms with Crippen LogP contribution in [0.2, 0.25) is 0 Å². The van der Waals surface area contributed by atoms with E-state index in [4.69, 9.17) is 0 Å². The zero-order valence-corrected chi connectivity index (χ0v) is 12.8. The first-order chi connectivity index (χ1) is 10.3. The fourth-order valence-corrected chi connectivity index (χ4v) is 5.57. The Labute approximate surface area is 129 Å². The summed E-state index contributed by atoms with van der Waals surface area (Å²) in [7, 11) is 0. The van der Waals surface area contributed by atoms with Crippen LogP contribution in [0.1, 0.15) is 42.5 Å². The van der Waals surface area contributed by atoms with Gasteiger partial charge in [0, 0.05) is 33.6 Å². The molecule has 1 aromatic heterocycles. The molecule has 2 atom stereocenters. The van der Waals surface area contributed by atoms with Crippen LogP contribution in [-0.2, 0) is 0 Å². The van der Waals surface area contributed by atoms with Crippen molar-refractivity contribution in [2.45, 2.75) is 42.6 Å². The Bertz CT molecular complexity index is 672. The van der Waals surface area contributed by atoms with Crippen LogP contribution in [0.25, 0.3) is 10.9 Å². The van der Waals surface area contributed by atoms with Crippen LogP contribution in [-0.4, -0.2) is 21.3 Å². The number of carbonyl (C=O) groups is 1. The van der Waals surface area contributed by atoms with Crippen LogP contribution in [0, 0.1) is 5.92 Å². The molecule has 0 N–H and O–H groups in total. The molecule has 0 saturated carbocycles. The highest BCUT2D eigenvalue weighted by molar-refractivity contribution is 8.00. The van der Waals surface area contributed by atoms with Gasteiger partial charge in [-0.2, -0.15) is 11.8 Å². The standard InChI is InChI=1S/C18H19NOS/c20-18(14-9-15-4-1-5-16(10-14)21-15)13-7-6-12-3-2-8-19-17(12)11-13/h2-3,6-8,11,14-16H,1,4-5,9-10H2. The van der Waals surface area contributed by atoms with E-state index in [2.05, 4.69) is 16.7 Å². The third-order valence-corrected chi connectivity index (χ3v) is 6.42. The number of fused-ring (bicyclic) bond motifs is 3. The average Bonchev–Trinajstić information content (AvgIpc) is 2.53. The van der Waals surface area contributed by atoms with Crippen molar-refractivity contribution in [1.29, 1.82) is 0 Å². The predicted molar refractivity (Wildman–Crippen MR) is 87.8 cm³/mol. The summed E-state index contributed by atoms with van der Waals surface area (Å²) in [6.45, 7) is 0. The number of ketones is 1. The summed E-state index contributed by atoms with van der Waals surface area (Å²) in [5.41, 5.74) is 1.77. The Kier molecular flexibility index (Phi) is 3.46. The maximum absolute atomic E-state index is 12.8. The molecular formula is C18H19NOS. The van der Waals surface area contributed by atoms with Gasteiger partial charge in [-0.3, -0.25) is 9.78 Å². The van der Waals surface area contributed by atoms with Crippen molar-refractivity contribution in [3.05, 3.63) is 42.1 Å². The molecule has 4 rings (SSSR count). The molecule has 2 saturated heterocycles. The normalized spacial score (nSPS) is 28.5. The number of aromatic nitrogens is 1. The van der Waals surface area contributed by atoms with E-state index >= 15 is 0 Å². The van der Waals surface area contributed by atoms with Gasteiger partial charge in [-0.25, -0.2) is 0 Å². The fourth-order valence-electron chi connectivity index (χ4n) is 3.73. The van der Waals surface area contributed by atoms with Gasteiger partial charge in [0.15, 0.2) is 5.78 Å². The molecule has 2 nitrogen and oxygen atoms in total. The van der Waals surface area contributed by atoms with Crippen LogP contribution < -0.4 is 0 Å². The second-order valence-corrected chi connectivity index (χ2v) is 7.86. The molecule has 1 aromatic carbocycles. The van der Waals surface area contributed by atoms with Crippen molar-refractivity contribution in [1.82, 2.24) is 4.98 Å².